The Morgan fingerprint density at radius 3 is 2.45 bits per heavy atom. The Kier molecular flexibility index (Phi) is 2.79. The van der Waals surface area contributed by atoms with Crippen molar-refractivity contribution in [3.05, 3.63) is 48.0 Å². The first-order valence-electron chi connectivity index (χ1n) is 6.33. The number of hydrogen-bond donors (Lipinski definition) is 0. The SMILES string of the molecule is CN(C)C(=O)n1c2ccccc2c2cc(C=O)ccc21. The minimum Gasteiger partial charge on any atom is -0.330 e. The zero-order valence-electron chi connectivity index (χ0n) is 11.3. The van der Waals surface area contributed by atoms with E-state index in [2.05, 4.69) is 0 Å². The third-order valence-electron chi connectivity index (χ3n) is 3.41. The first-order chi connectivity index (χ1) is 9.63. The molecule has 20 heavy (non-hydrogen) atoms. The van der Waals surface area contributed by atoms with Gasteiger partial charge in [0.2, 0.25) is 0 Å². The predicted octanol–water partition coefficient (Wildman–Crippen LogP) is 3.14. The van der Waals surface area contributed by atoms with Crippen molar-refractivity contribution < 1.29 is 9.59 Å². The molecule has 0 unspecified atom stereocenters. The fraction of sp³-hybridized carbons (Fsp3) is 0.125. The highest BCUT2D eigenvalue weighted by molar-refractivity contribution is 6.13. The number of nitrogens with zero attached hydrogens (tertiary/aromatic N) is 2. The summed E-state index contributed by atoms with van der Waals surface area (Å²) in [5.74, 6) is 0. The minimum absolute atomic E-state index is 0.102. The van der Waals surface area contributed by atoms with Crippen molar-refractivity contribution in [2.45, 2.75) is 0 Å². The Labute approximate surface area is 116 Å². The van der Waals surface area contributed by atoms with Crippen LogP contribution in [0.25, 0.3) is 21.8 Å². The van der Waals surface area contributed by atoms with Gasteiger partial charge in [-0.1, -0.05) is 18.2 Å². The van der Waals surface area contributed by atoms with Crippen LogP contribution < -0.4 is 0 Å². The summed E-state index contributed by atoms with van der Waals surface area (Å²) < 4.78 is 1.68. The smallest absolute Gasteiger partial charge is 0.328 e. The van der Waals surface area contributed by atoms with Gasteiger partial charge in [-0.2, -0.15) is 0 Å². The van der Waals surface area contributed by atoms with E-state index in [4.69, 9.17) is 0 Å². The summed E-state index contributed by atoms with van der Waals surface area (Å²) in [6.45, 7) is 0. The van der Waals surface area contributed by atoms with Crippen LogP contribution in [-0.2, 0) is 0 Å². The number of carbonyl (C=O) groups is 2. The molecule has 4 heteroatoms. The van der Waals surface area contributed by atoms with Crippen LogP contribution in [0.5, 0.6) is 0 Å². The van der Waals surface area contributed by atoms with E-state index in [0.717, 1.165) is 28.1 Å². The van der Waals surface area contributed by atoms with E-state index in [0.29, 0.717) is 5.56 Å². The predicted molar refractivity (Wildman–Crippen MR) is 79.3 cm³/mol. The van der Waals surface area contributed by atoms with Gasteiger partial charge in [0.15, 0.2) is 0 Å². The number of rotatable bonds is 1. The van der Waals surface area contributed by atoms with Gasteiger partial charge in [-0.3, -0.25) is 9.36 Å². The molecule has 4 nitrogen and oxygen atoms in total. The van der Waals surface area contributed by atoms with E-state index in [1.807, 2.05) is 36.4 Å². The van der Waals surface area contributed by atoms with Gasteiger partial charge in [-0.15, -0.1) is 0 Å². The van der Waals surface area contributed by atoms with Gasteiger partial charge in [-0.05, 0) is 24.3 Å². The average molecular weight is 266 g/mol. The zero-order chi connectivity index (χ0) is 14.3. The van der Waals surface area contributed by atoms with Gasteiger partial charge < -0.3 is 4.90 Å². The van der Waals surface area contributed by atoms with Crippen molar-refractivity contribution in [2.75, 3.05) is 14.1 Å². The van der Waals surface area contributed by atoms with E-state index in [-0.39, 0.29) is 6.03 Å². The molecule has 1 amide bonds. The Bertz CT molecular complexity index is 831. The third-order valence-corrected chi connectivity index (χ3v) is 3.41. The largest absolute Gasteiger partial charge is 0.330 e. The van der Waals surface area contributed by atoms with Gasteiger partial charge in [0.25, 0.3) is 0 Å². The second-order valence-corrected chi connectivity index (χ2v) is 4.92. The van der Waals surface area contributed by atoms with E-state index >= 15 is 0 Å². The first-order valence-corrected chi connectivity index (χ1v) is 6.33. The van der Waals surface area contributed by atoms with Crippen molar-refractivity contribution in [1.82, 2.24) is 9.47 Å². The summed E-state index contributed by atoms with van der Waals surface area (Å²) in [6, 6.07) is 13.0. The Hall–Kier alpha value is -2.62. The number of aromatic nitrogens is 1. The highest BCUT2D eigenvalue weighted by Gasteiger charge is 2.16. The van der Waals surface area contributed by atoms with Crippen LogP contribution in [0.4, 0.5) is 4.79 Å². The van der Waals surface area contributed by atoms with Crippen LogP contribution >= 0.6 is 0 Å². The summed E-state index contributed by atoms with van der Waals surface area (Å²) in [4.78, 5) is 24.9. The molecule has 100 valence electrons. The van der Waals surface area contributed by atoms with Crippen molar-refractivity contribution in [2.24, 2.45) is 0 Å². The number of benzene rings is 2. The molecule has 3 aromatic rings. The molecule has 0 aliphatic carbocycles. The van der Waals surface area contributed by atoms with Crippen LogP contribution in [0.2, 0.25) is 0 Å². The molecule has 0 saturated carbocycles. The molecular weight excluding hydrogens is 252 g/mol. The molecule has 0 radical (unpaired) electrons. The molecule has 2 aromatic carbocycles. The maximum absolute atomic E-state index is 12.4. The molecule has 0 N–H and O–H groups in total. The quantitative estimate of drug-likeness (QED) is 0.635. The van der Waals surface area contributed by atoms with E-state index in [9.17, 15) is 9.59 Å². The van der Waals surface area contributed by atoms with Crippen molar-refractivity contribution in [3.8, 4) is 0 Å². The van der Waals surface area contributed by atoms with Crippen LogP contribution in [0.3, 0.4) is 0 Å². The van der Waals surface area contributed by atoms with Crippen molar-refractivity contribution in [3.63, 3.8) is 0 Å². The number of aldehydes is 1. The molecule has 1 heterocycles. The maximum Gasteiger partial charge on any atom is 0.328 e. The van der Waals surface area contributed by atoms with E-state index < -0.39 is 0 Å². The number of carbonyl (C=O) groups excluding carboxylic acids is 2. The Morgan fingerprint density at radius 1 is 1.05 bits per heavy atom. The maximum atomic E-state index is 12.4. The molecule has 1 aromatic heterocycles. The standard InChI is InChI=1S/C16H14N2O2/c1-17(2)16(20)18-14-6-4-3-5-12(14)13-9-11(10-19)7-8-15(13)18/h3-10H,1-2H3. The Morgan fingerprint density at radius 2 is 1.75 bits per heavy atom. The molecule has 0 spiro atoms. The van der Waals surface area contributed by atoms with Gasteiger partial charge in [-0.25, -0.2) is 4.79 Å². The first kappa shape index (κ1) is 12.4. The minimum atomic E-state index is -0.102. The summed E-state index contributed by atoms with van der Waals surface area (Å²) in [5, 5.41) is 1.89. The second-order valence-electron chi connectivity index (χ2n) is 4.92. The number of para-hydroxylation sites is 1. The lowest BCUT2D eigenvalue weighted by Crippen LogP contribution is -2.26. The second kappa shape index (κ2) is 4.49. The highest BCUT2D eigenvalue weighted by atomic mass is 16.2. The van der Waals surface area contributed by atoms with Gasteiger partial charge in [0.1, 0.15) is 6.29 Å². The molecule has 0 atom stereocenters. The fourth-order valence-electron chi connectivity index (χ4n) is 2.47. The lowest BCUT2D eigenvalue weighted by atomic mass is 10.1. The monoisotopic (exact) mass is 266 g/mol. The van der Waals surface area contributed by atoms with Gasteiger partial charge >= 0.3 is 6.03 Å². The van der Waals surface area contributed by atoms with Crippen LogP contribution in [0.1, 0.15) is 10.4 Å². The van der Waals surface area contributed by atoms with Crippen LogP contribution in [-0.4, -0.2) is 35.9 Å². The molecule has 0 aliphatic heterocycles. The topological polar surface area (TPSA) is 42.3 Å². The molecule has 0 bridgehead atoms. The number of fused-ring (bicyclic) bond motifs is 3. The fourth-order valence-corrected chi connectivity index (χ4v) is 2.47. The lowest BCUT2D eigenvalue weighted by molar-refractivity contribution is 0.112. The van der Waals surface area contributed by atoms with Crippen LogP contribution in [0, 0.1) is 0 Å². The highest BCUT2D eigenvalue weighted by Crippen LogP contribution is 2.29. The van der Waals surface area contributed by atoms with Gasteiger partial charge in [0.05, 0.1) is 11.0 Å². The third kappa shape index (κ3) is 1.69. The summed E-state index contributed by atoms with van der Waals surface area (Å²) >= 11 is 0. The average Bonchev–Trinajstić information content (AvgIpc) is 2.80. The van der Waals surface area contributed by atoms with Crippen LogP contribution in [0.15, 0.2) is 42.5 Å². The number of amides is 1. The van der Waals surface area contributed by atoms with E-state index in [1.54, 1.807) is 29.6 Å². The zero-order valence-corrected chi connectivity index (χ0v) is 11.3. The van der Waals surface area contributed by atoms with Gasteiger partial charge in [0, 0.05) is 30.4 Å². The van der Waals surface area contributed by atoms with E-state index in [1.165, 1.54) is 0 Å². The molecule has 0 aliphatic rings. The summed E-state index contributed by atoms with van der Waals surface area (Å²) in [6.07, 6.45) is 0.819. The molecule has 3 rings (SSSR count). The normalized spacial score (nSPS) is 10.9. The lowest BCUT2D eigenvalue weighted by Gasteiger charge is -2.13. The summed E-state index contributed by atoms with van der Waals surface area (Å²) in [7, 11) is 3.45. The summed E-state index contributed by atoms with van der Waals surface area (Å²) in [5.41, 5.74) is 2.28. The van der Waals surface area contributed by atoms with Crippen molar-refractivity contribution in [1.29, 1.82) is 0 Å². The Balaban J connectivity index is 2.47. The van der Waals surface area contributed by atoms with Crippen molar-refractivity contribution >= 4 is 34.1 Å². The molecular formula is C16H14N2O2. The molecule has 0 fully saturated rings. The number of hydrogen-bond acceptors (Lipinski definition) is 2. The molecule has 0 saturated heterocycles.